The van der Waals surface area contributed by atoms with Gasteiger partial charge in [0, 0.05) is 18.8 Å². The van der Waals surface area contributed by atoms with Gasteiger partial charge in [-0.25, -0.2) is 0 Å². The maximum Gasteiger partial charge on any atom is 0.298 e. The second-order valence-corrected chi connectivity index (χ2v) is 4.62. The molecular formula is C13H17N3O. The van der Waals surface area contributed by atoms with Gasteiger partial charge in [-0.15, -0.1) is 0 Å². The minimum atomic E-state index is 0.730. The molecular weight excluding hydrogens is 214 g/mol. The van der Waals surface area contributed by atoms with Gasteiger partial charge in [0.2, 0.25) is 0 Å². The molecule has 2 N–H and O–H groups in total. The topological polar surface area (TPSA) is 55.3 Å². The summed E-state index contributed by atoms with van der Waals surface area (Å²) in [6.07, 6.45) is 5.06. The zero-order valence-corrected chi connectivity index (χ0v) is 9.85. The lowest BCUT2D eigenvalue weighted by molar-refractivity contribution is 0.567. The highest BCUT2D eigenvalue weighted by atomic mass is 16.4. The average molecular weight is 231 g/mol. The molecule has 0 radical (unpaired) electrons. The van der Waals surface area contributed by atoms with E-state index in [2.05, 4.69) is 9.88 Å². The van der Waals surface area contributed by atoms with Gasteiger partial charge in [-0.05, 0) is 31.0 Å². The third-order valence-electron chi connectivity index (χ3n) is 3.28. The van der Waals surface area contributed by atoms with Gasteiger partial charge in [0.05, 0.1) is 0 Å². The third-order valence-corrected chi connectivity index (χ3v) is 3.28. The quantitative estimate of drug-likeness (QED) is 0.767. The first kappa shape index (κ1) is 10.4. The van der Waals surface area contributed by atoms with Crippen LogP contribution in [0.25, 0.3) is 11.1 Å². The van der Waals surface area contributed by atoms with Crippen LogP contribution in [0.5, 0.6) is 0 Å². The van der Waals surface area contributed by atoms with E-state index in [1.807, 2.05) is 18.2 Å². The summed E-state index contributed by atoms with van der Waals surface area (Å²) in [6, 6.07) is 6.34. The number of hydrogen-bond donors (Lipinski definition) is 1. The van der Waals surface area contributed by atoms with Crippen molar-refractivity contribution in [2.45, 2.75) is 25.7 Å². The van der Waals surface area contributed by atoms with E-state index in [0.717, 1.165) is 35.9 Å². The van der Waals surface area contributed by atoms with E-state index in [9.17, 15) is 0 Å². The molecule has 0 saturated carbocycles. The fourth-order valence-electron chi connectivity index (χ4n) is 2.33. The lowest BCUT2D eigenvalue weighted by Gasteiger charge is -2.16. The maximum absolute atomic E-state index is 5.78. The summed E-state index contributed by atoms with van der Waals surface area (Å²) < 4.78 is 5.78. The summed E-state index contributed by atoms with van der Waals surface area (Å²) in [5.74, 6) is 0. The van der Waals surface area contributed by atoms with Gasteiger partial charge in [0.15, 0.2) is 5.58 Å². The first-order valence-electron chi connectivity index (χ1n) is 6.24. The third kappa shape index (κ3) is 2.07. The van der Waals surface area contributed by atoms with Crippen molar-refractivity contribution in [3.63, 3.8) is 0 Å². The van der Waals surface area contributed by atoms with E-state index in [-0.39, 0.29) is 0 Å². The molecule has 2 heterocycles. The second-order valence-electron chi connectivity index (χ2n) is 4.62. The highest BCUT2D eigenvalue weighted by Gasteiger charge is 2.15. The van der Waals surface area contributed by atoms with E-state index in [4.69, 9.17) is 10.2 Å². The van der Waals surface area contributed by atoms with Crippen LogP contribution < -0.4 is 10.6 Å². The Labute approximate surface area is 100 Å². The number of rotatable bonds is 1. The lowest BCUT2D eigenvalue weighted by Crippen LogP contribution is -2.23. The predicted molar refractivity (Wildman–Crippen MR) is 69.1 cm³/mol. The molecule has 4 heteroatoms. The van der Waals surface area contributed by atoms with E-state index in [1.54, 1.807) is 0 Å². The minimum Gasteiger partial charge on any atom is -0.423 e. The normalized spacial score (nSPS) is 17.3. The van der Waals surface area contributed by atoms with Crippen LogP contribution in [-0.2, 0) is 0 Å². The van der Waals surface area contributed by atoms with Gasteiger partial charge in [0.25, 0.3) is 6.01 Å². The van der Waals surface area contributed by atoms with E-state index in [0.29, 0.717) is 0 Å². The summed E-state index contributed by atoms with van der Waals surface area (Å²) >= 11 is 0. The molecule has 3 rings (SSSR count). The van der Waals surface area contributed by atoms with Crippen molar-refractivity contribution in [1.82, 2.24) is 4.98 Å². The fourth-order valence-corrected chi connectivity index (χ4v) is 2.33. The molecule has 0 atom stereocenters. The SMILES string of the molecule is Nc1ccc2oc(N3CCCCCC3)nc2c1. The Morgan fingerprint density at radius 1 is 1.12 bits per heavy atom. The van der Waals surface area contributed by atoms with Crippen molar-refractivity contribution in [3.05, 3.63) is 18.2 Å². The molecule has 90 valence electrons. The minimum absolute atomic E-state index is 0.730. The summed E-state index contributed by atoms with van der Waals surface area (Å²) in [6.45, 7) is 2.09. The van der Waals surface area contributed by atoms with Crippen LogP contribution in [0.3, 0.4) is 0 Å². The van der Waals surface area contributed by atoms with E-state index in [1.165, 1.54) is 25.7 Å². The lowest BCUT2D eigenvalue weighted by atomic mass is 10.2. The Morgan fingerprint density at radius 2 is 1.88 bits per heavy atom. The van der Waals surface area contributed by atoms with Crippen molar-refractivity contribution in [2.75, 3.05) is 23.7 Å². The molecule has 0 amide bonds. The first-order valence-corrected chi connectivity index (χ1v) is 6.24. The predicted octanol–water partition coefficient (Wildman–Crippen LogP) is 2.79. The van der Waals surface area contributed by atoms with Crippen molar-refractivity contribution < 1.29 is 4.42 Å². The average Bonchev–Trinajstić information content (AvgIpc) is 2.57. The van der Waals surface area contributed by atoms with E-state index < -0.39 is 0 Å². The number of anilines is 2. The molecule has 1 saturated heterocycles. The van der Waals surface area contributed by atoms with Crippen LogP contribution >= 0.6 is 0 Å². The molecule has 1 aromatic carbocycles. The van der Waals surface area contributed by atoms with Crippen LogP contribution in [0.4, 0.5) is 11.7 Å². The highest BCUT2D eigenvalue weighted by molar-refractivity contribution is 5.78. The van der Waals surface area contributed by atoms with Crippen LogP contribution in [0, 0.1) is 0 Å². The molecule has 17 heavy (non-hydrogen) atoms. The Hall–Kier alpha value is -1.71. The number of aromatic nitrogens is 1. The Bertz CT molecular complexity index is 512. The van der Waals surface area contributed by atoms with Gasteiger partial charge >= 0.3 is 0 Å². The molecule has 0 aliphatic carbocycles. The smallest absolute Gasteiger partial charge is 0.298 e. The summed E-state index contributed by atoms with van der Waals surface area (Å²) in [5, 5.41) is 0. The van der Waals surface area contributed by atoms with Gasteiger partial charge in [-0.3, -0.25) is 0 Å². The van der Waals surface area contributed by atoms with Crippen molar-refractivity contribution in [2.24, 2.45) is 0 Å². The fraction of sp³-hybridized carbons (Fsp3) is 0.462. The molecule has 1 aliphatic rings. The van der Waals surface area contributed by atoms with Crippen LogP contribution in [0.15, 0.2) is 22.6 Å². The summed E-state index contributed by atoms with van der Waals surface area (Å²) in [7, 11) is 0. The van der Waals surface area contributed by atoms with Crippen molar-refractivity contribution in [3.8, 4) is 0 Å². The molecule has 0 bridgehead atoms. The molecule has 1 aliphatic heterocycles. The number of benzene rings is 1. The molecule has 1 fully saturated rings. The number of nitrogens with two attached hydrogens (primary N) is 1. The Kier molecular flexibility index (Phi) is 2.63. The molecule has 2 aromatic rings. The second kappa shape index (κ2) is 4.28. The maximum atomic E-state index is 5.78. The summed E-state index contributed by atoms with van der Waals surface area (Å²) in [4.78, 5) is 6.76. The van der Waals surface area contributed by atoms with Gasteiger partial charge < -0.3 is 15.1 Å². The zero-order chi connectivity index (χ0) is 11.7. The largest absolute Gasteiger partial charge is 0.423 e. The van der Waals surface area contributed by atoms with Gasteiger partial charge in [0.1, 0.15) is 5.52 Å². The van der Waals surface area contributed by atoms with Crippen LogP contribution in [0.2, 0.25) is 0 Å². The monoisotopic (exact) mass is 231 g/mol. The van der Waals surface area contributed by atoms with Crippen molar-refractivity contribution in [1.29, 1.82) is 0 Å². The number of oxazole rings is 1. The standard InChI is InChI=1S/C13H17N3O/c14-10-5-6-12-11(9-10)15-13(17-12)16-7-3-1-2-4-8-16/h5-6,9H,1-4,7-8,14H2. The number of hydrogen-bond acceptors (Lipinski definition) is 4. The van der Waals surface area contributed by atoms with Crippen LogP contribution in [-0.4, -0.2) is 18.1 Å². The van der Waals surface area contributed by atoms with Gasteiger partial charge in [-0.1, -0.05) is 12.8 Å². The molecule has 1 aromatic heterocycles. The molecule has 4 nitrogen and oxygen atoms in total. The highest BCUT2D eigenvalue weighted by Crippen LogP contribution is 2.25. The zero-order valence-electron chi connectivity index (χ0n) is 9.85. The van der Waals surface area contributed by atoms with Crippen molar-refractivity contribution >= 4 is 22.8 Å². The van der Waals surface area contributed by atoms with E-state index >= 15 is 0 Å². The summed E-state index contributed by atoms with van der Waals surface area (Å²) in [5.41, 5.74) is 8.14. The van der Waals surface area contributed by atoms with Gasteiger partial charge in [-0.2, -0.15) is 4.98 Å². The number of fused-ring (bicyclic) bond motifs is 1. The number of nitrogen functional groups attached to an aromatic ring is 1. The Balaban J connectivity index is 1.93. The molecule has 0 unspecified atom stereocenters. The molecule has 0 spiro atoms. The number of nitrogens with zero attached hydrogens (tertiary/aromatic N) is 2. The first-order chi connectivity index (χ1) is 8.33. The van der Waals surface area contributed by atoms with Crippen LogP contribution in [0.1, 0.15) is 25.7 Å². The Morgan fingerprint density at radius 3 is 2.65 bits per heavy atom.